The van der Waals surface area contributed by atoms with Crippen molar-refractivity contribution in [3.05, 3.63) is 54.1 Å². The summed E-state index contributed by atoms with van der Waals surface area (Å²) in [6, 6.07) is 14.6. The van der Waals surface area contributed by atoms with Gasteiger partial charge in [0.1, 0.15) is 0 Å². The van der Waals surface area contributed by atoms with Gasteiger partial charge in [-0.15, -0.1) is 0 Å². The largest absolute Gasteiger partial charge is 0.493 e. The van der Waals surface area contributed by atoms with E-state index in [1.54, 1.807) is 26.4 Å². The Bertz CT molecular complexity index is 1230. The predicted molar refractivity (Wildman–Crippen MR) is 158 cm³/mol. The lowest BCUT2D eigenvalue weighted by Gasteiger charge is -2.27. The van der Waals surface area contributed by atoms with Gasteiger partial charge in [0, 0.05) is 43.5 Å². The Balaban J connectivity index is 1.21. The Kier molecular flexibility index (Phi) is 11.8. The van der Waals surface area contributed by atoms with Gasteiger partial charge in [-0.05, 0) is 43.5 Å². The fraction of sp³-hybridized carbons (Fsp3) is 0.448. The highest BCUT2D eigenvalue weighted by Crippen LogP contribution is 2.31. The number of aromatic nitrogens is 3. The normalized spacial score (nSPS) is 13.0. The Morgan fingerprint density at radius 1 is 0.805 bits per heavy atom. The number of hydrogen-bond acceptors (Lipinski definition) is 11. The van der Waals surface area contributed by atoms with E-state index < -0.39 is 0 Å². The van der Waals surface area contributed by atoms with Crippen LogP contribution in [0.2, 0.25) is 0 Å². The van der Waals surface area contributed by atoms with Crippen molar-refractivity contribution in [1.29, 1.82) is 0 Å². The Labute approximate surface area is 240 Å². The van der Waals surface area contributed by atoms with Gasteiger partial charge in [0.05, 0.1) is 40.6 Å². The third kappa shape index (κ3) is 9.47. The summed E-state index contributed by atoms with van der Waals surface area (Å²) in [5, 5.41) is 9.34. The summed E-state index contributed by atoms with van der Waals surface area (Å²) in [5.74, 6) is 2.69. The van der Waals surface area contributed by atoms with Gasteiger partial charge in [-0.1, -0.05) is 18.2 Å². The molecule has 1 fully saturated rings. The van der Waals surface area contributed by atoms with Crippen molar-refractivity contribution in [2.24, 2.45) is 0 Å². The fourth-order valence-electron chi connectivity index (χ4n) is 4.26. The number of amides is 1. The fourth-order valence-corrected chi connectivity index (χ4v) is 4.26. The summed E-state index contributed by atoms with van der Waals surface area (Å²) < 4.78 is 22.0. The standard InChI is InChI=1S/C29H39N7O5/c1-38-24-12-11-23(21-25(24)39-2)32-28-33-27(34-29(35-28)36-15-7-4-8-16-36)31-14-18-41-20-19-40-17-13-30-26(37)22-9-5-3-6-10-22/h3,5-6,9-12,21H,4,7-8,13-20H2,1-2H3,(H,30,37)(H2,31,32,33,34,35). The predicted octanol–water partition coefficient (Wildman–Crippen LogP) is 3.50. The lowest BCUT2D eigenvalue weighted by molar-refractivity contribution is 0.0519. The number of rotatable bonds is 16. The zero-order valence-corrected chi connectivity index (χ0v) is 23.7. The first kappa shape index (κ1) is 29.8. The van der Waals surface area contributed by atoms with Crippen molar-refractivity contribution in [1.82, 2.24) is 20.3 Å². The van der Waals surface area contributed by atoms with Gasteiger partial charge in [-0.2, -0.15) is 15.0 Å². The Morgan fingerprint density at radius 2 is 1.51 bits per heavy atom. The molecule has 0 bridgehead atoms. The van der Waals surface area contributed by atoms with Crippen LogP contribution in [0.3, 0.4) is 0 Å². The van der Waals surface area contributed by atoms with Crippen LogP contribution in [-0.2, 0) is 9.47 Å². The van der Waals surface area contributed by atoms with Crippen LogP contribution in [0.5, 0.6) is 11.5 Å². The van der Waals surface area contributed by atoms with E-state index in [9.17, 15) is 4.79 Å². The number of benzene rings is 2. The van der Waals surface area contributed by atoms with Gasteiger partial charge < -0.3 is 39.8 Å². The van der Waals surface area contributed by atoms with Gasteiger partial charge in [0.25, 0.3) is 5.91 Å². The number of hydrogen-bond donors (Lipinski definition) is 3. The minimum absolute atomic E-state index is 0.111. The molecule has 12 heteroatoms. The molecule has 2 aromatic carbocycles. The quantitative estimate of drug-likeness (QED) is 0.221. The van der Waals surface area contributed by atoms with Crippen LogP contribution >= 0.6 is 0 Å². The molecule has 2 heterocycles. The monoisotopic (exact) mass is 565 g/mol. The molecule has 1 amide bonds. The number of nitrogens with zero attached hydrogens (tertiary/aromatic N) is 4. The van der Waals surface area contributed by atoms with Crippen molar-refractivity contribution in [2.75, 3.05) is 82.4 Å². The first-order chi connectivity index (χ1) is 20.2. The highest BCUT2D eigenvalue weighted by atomic mass is 16.5. The van der Waals surface area contributed by atoms with E-state index in [0.717, 1.165) is 31.6 Å². The number of ether oxygens (including phenoxy) is 4. The van der Waals surface area contributed by atoms with Crippen LogP contribution in [-0.4, -0.2) is 87.7 Å². The van der Waals surface area contributed by atoms with Gasteiger partial charge >= 0.3 is 0 Å². The molecule has 0 atom stereocenters. The minimum atomic E-state index is -0.111. The topological polar surface area (TPSA) is 132 Å². The Morgan fingerprint density at radius 3 is 2.24 bits per heavy atom. The number of carbonyl (C=O) groups excluding carboxylic acids is 1. The van der Waals surface area contributed by atoms with Crippen molar-refractivity contribution < 1.29 is 23.7 Å². The zero-order chi connectivity index (χ0) is 28.7. The minimum Gasteiger partial charge on any atom is -0.493 e. The molecule has 220 valence electrons. The van der Waals surface area contributed by atoms with Crippen LogP contribution in [0.1, 0.15) is 29.6 Å². The number of anilines is 4. The van der Waals surface area contributed by atoms with Crippen molar-refractivity contribution >= 4 is 29.4 Å². The van der Waals surface area contributed by atoms with Crippen molar-refractivity contribution in [3.63, 3.8) is 0 Å². The lowest BCUT2D eigenvalue weighted by Crippen LogP contribution is -2.31. The molecule has 1 aromatic heterocycles. The molecule has 41 heavy (non-hydrogen) atoms. The maximum Gasteiger partial charge on any atom is 0.251 e. The van der Waals surface area contributed by atoms with Gasteiger partial charge in [-0.25, -0.2) is 0 Å². The van der Waals surface area contributed by atoms with E-state index in [1.807, 2.05) is 36.4 Å². The van der Waals surface area contributed by atoms with Crippen molar-refractivity contribution in [3.8, 4) is 11.5 Å². The summed E-state index contributed by atoms with van der Waals surface area (Å²) in [4.78, 5) is 28.1. The maximum absolute atomic E-state index is 12.0. The van der Waals surface area contributed by atoms with Gasteiger partial charge in [-0.3, -0.25) is 4.79 Å². The molecule has 0 saturated carbocycles. The molecular formula is C29H39N7O5. The molecule has 0 aliphatic carbocycles. The number of carbonyl (C=O) groups is 1. The number of methoxy groups -OCH3 is 2. The van der Waals surface area contributed by atoms with E-state index in [-0.39, 0.29) is 5.91 Å². The number of nitrogens with one attached hydrogen (secondary N) is 3. The SMILES string of the molecule is COc1ccc(Nc2nc(NCCOCCOCCNC(=O)c3ccccc3)nc(N3CCCCC3)n2)cc1OC. The number of piperidine rings is 1. The smallest absolute Gasteiger partial charge is 0.251 e. The zero-order valence-electron chi connectivity index (χ0n) is 23.7. The van der Waals surface area contributed by atoms with E-state index in [1.165, 1.54) is 6.42 Å². The van der Waals surface area contributed by atoms with E-state index >= 15 is 0 Å². The third-order valence-electron chi connectivity index (χ3n) is 6.37. The molecule has 0 unspecified atom stereocenters. The molecule has 3 aromatic rings. The summed E-state index contributed by atoms with van der Waals surface area (Å²) >= 11 is 0. The molecule has 0 spiro atoms. The van der Waals surface area contributed by atoms with Crippen molar-refractivity contribution in [2.45, 2.75) is 19.3 Å². The van der Waals surface area contributed by atoms with E-state index in [4.69, 9.17) is 18.9 Å². The van der Waals surface area contributed by atoms with Crippen LogP contribution in [0, 0.1) is 0 Å². The average Bonchev–Trinajstić information content (AvgIpc) is 3.02. The molecule has 1 aliphatic heterocycles. The summed E-state index contributed by atoms with van der Waals surface area (Å²) in [6.07, 6.45) is 3.44. The first-order valence-corrected chi connectivity index (χ1v) is 13.9. The Hall–Kier alpha value is -4.16. The molecule has 1 saturated heterocycles. The molecule has 4 rings (SSSR count). The second-order valence-electron chi connectivity index (χ2n) is 9.30. The molecule has 12 nitrogen and oxygen atoms in total. The molecule has 1 aliphatic rings. The second-order valence-corrected chi connectivity index (χ2v) is 9.30. The maximum atomic E-state index is 12.0. The van der Waals surface area contributed by atoms with Crippen LogP contribution in [0.25, 0.3) is 0 Å². The first-order valence-electron chi connectivity index (χ1n) is 13.9. The highest BCUT2D eigenvalue weighted by molar-refractivity contribution is 5.94. The highest BCUT2D eigenvalue weighted by Gasteiger charge is 2.17. The van der Waals surface area contributed by atoms with Crippen LogP contribution in [0.15, 0.2) is 48.5 Å². The third-order valence-corrected chi connectivity index (χ3v) is 6.37. The second kappa shape index (κ2) is 16.2. The summed E-state index contributed by atoms with van der Waals surface area (Å²) in [7, 11) is 3.20. The van der Waals surface area contributed by atoms with Crippen LogP contribution < -0.4 is 30.3 Å². The van der Waals surface area contributed by atoms with E-state index in [2.05, 4.69) is 35.8 Å². The molecule has 0 radical (unpaired) electrons. The summed E-state index contributed by atoms with van der Waals surface area (Å²) in [6.45, 7) is 4.54. The molecule has 3 N–H and O–H groups in total. The van der Waals surface area contributed by atoms with Gasteiger partial charge in [0.15, 0.2) is 11.5 Å². The lowest BCUT2D eigenvalue weighted by atomic mass is 10.1. The summed E-state index contributed by atoms with van der Waals surface area (Å²) in [5.41, 5.74) is 1.40. The van der Waals surface area contributed by atoms with Gasteiger partial charge in [0.2, 0.25) is 17.8 Å². The average molecular weight is 566 g/mol. The van der Waals surface area contributed by atoms with E-state index in [0.29, 0.717) is 74.4 Å². The molecular weight excluding hydrogens is 526 g/mol. The van der Waals surface area contributed by atoms with Crippen LogP contribution in [0.4, 0.5) is 23.5 Å².